The summed E-state index contributed by atoms with van der Waals surface area (Å²) in [5.74, 6) is 2.20. The molecule has 2 aromatic carbocycles. The van der Waals surface area contributed by atoms with Crippen LogP contribution in [0.1, 0.15) is 19.3 Å². The maximum Gasteiger partial charge on any atom is 0.169 e. The molecule has 3 nitrogen and oxygen atoms in total. The fourth-order valence-corrected chi connectivity index (χ4v) is 3.14. The van der Waals surface area contributed by atoms with E-state index >= 15 is 0 Å². The van der Waals surface area contributed by atoms with E-state index in [0.29, 0.717) is 23.4 Å². The summed E-state index contributed by atoms with van der Waals surface area (Å²) >= 11 is 6.00. The molecule has 1 heterocycles. The van der Waals surface area contributed by atoms with Crippen molar-refractivity contribution in [3.05, 3.63) is 53.6 Å². The van der Waals surface area contributed by atoms with Crippen molar-refractivity contribution in [2.75, 3.05) is 20.2 Å². The van der Waals surface area contributed by atoms with Crippen LogP contribution in [0.15, 0.2) is 48.5 Å². The standard InChI is InChI=1S/C19H22ClNO2/c1-21-12-5-7-16(21)11-13-22-18-9-2-3-10-19(18)23-17-8-4-6-15(20)14-17/h2-4,6,8-10,14,16H,5,7,11-13H2,1H3. The molecule has 0 saturated carbocycles. The molecule has 122 valence electrons. The Labute approximate surface area is 142 Å². The molecule has 0 aliphatic carbocycles. The topological polar surface area (TPSA) is 21.7 Å². The van der Waals surface area contributed by atoms with E-state index in [0.717, 1.165) is 17.9 Å². The van der Waals surface area contributed by atoms with Gasteiger partial charge in [0.25, 0.3) is 0 Å². The summed E-state index contributed by atoms with van der Waals surface area (Å²) in [4.78, 5) is 2.41. The Bertz CT molecular complexity index is 647. The molecule has 1 saturated heterocycles. The normalized spacial score (nSPS) is 18.1. The second-order valence-electron chi connectivity index (χ2n) is 5.92. The SMILES string of the molecule is CN1CCCC1CCOc1ccccc1Oc1cccc(Cl)c1. The number of nitrogens with zero attached hydrogens (tertiary/aromatic N) is 1. The third kappa shape index (κ3) is 4.40. The summed E-state index contributed by atoms with van der Waals surface area (Å²) in [6.45, 7) is 1.89. The molecule has 1 atom stereocenters. The molecule has 3 rings (SSSR count). The highest BCUT2D eigenvalue weighted by atomic mass is 35.5. The van der Waals surface area contributed by atoms with E-state index in [1.54, 1.807) is 6.07 Å². The van der Waals surface area contributed by atoms with Gasteiger partial charge < -0.3 is 14.4 Å². The smallest absolute Gasteiger partial charge is 0.169 e. The molecule has 0 amide bonds. The summed E-state index contributed by atoms with van der Waals surface area (Å²) < 4.78 is 11.9. The first-order valence-electron chi connectivity index (χ1n) is 8.08. The van der Waals surface area contributed by atoms with Crippen molar-refractivity contribution in [3.63, 3.8) is 0 Å². The number of hydrogen-bond acceptors (Lipinski definition) is 3. The molecule has 1 unspecified atom stereocenters. The van der Waals surface area contributed by atoms with Crippen LogP contribution in [0.25, 0.3) is 0 Å². The molecule has 2 aromatic rings. The minimum absolute atomic E-state index is 0.635. The van der Waals surface area contributed by atoms with Crippen LogP contribution in [0.5, 0.6) is 17.2 Å². The van der Waals surface area contributed by atoms with Gasteiger partial charge in [0.15, 0.2) is 11.5 Å². The molecule has 1 fully saturated rings. The van der Waals surface area contributed by atoms with Crippen LogP contribution in [0.3, 0.4) is 0 Å². The lowest BCUT2D eigenvalue weighted by molar-refractivity contribution is 0.229. The molecule has 0 N–H and O–H groups in total. The van der Waals surface area contributed by atoms with E-state index in [9.17, 15) is 0 Å². The molecule has 1 aliphatic heterocycles. The number of ether oxygens (including phenoxy) is 2. The zero-order valence-electron chi connectivity index (χ0n) is 13.4. The lowest BCUT2D eigenvalue weighted by Crippen LogP contribution is -2.26. The van der Waals surface area contributed by atoms with Crippen molar-refractivity contribution in [2.24, 2.45) is 0 Å². The van der Waals surface area contributed by atoms with Crippen molar-refractivity contribution in [1.82, 2.24) is 4.90 Å². The van der Waals surface area contributed by atoms with Gasteiger partial charge >= 0.3 is 0 Å². The average Bonchev–Trinajstić information content (AvgIpc) is 2.94. The van der Waals surface area contributed by atoms with Crippen LogP contribution in [0.2, 0.25) is 5.02 Å². The molecule has 0 radical (unpaired) electrons. The third-order valence-electron chi connectivity index (χ3n) is 4.25. The van der Waals surface area contributed by atoms with Gasteiger partial charge in [-0.2, -0.15) is 0 Å². The van der Waals surface area contributed by atoms with Gasteiger partial charge in [0.1, 0.15) is 5.75 Å². The first-order chi connectivity index (χ1) is 11.2. The van der Waals surface area contributed by atoms with Crippen LogP contribution in [0, 0.1) is 0 Å². The molecule has 4 heteroatoms. The quantitative estimate of drug-likeness (QED) is 0.744. The van der Waals surface area contributed by atoms with Gasteiger partial charge in [0.05, 0.1) is 6.61 Å². The second-order valence-corrected chi connectivity index (χ2v) is 6.36. The predicted octanol–water partition coefficient (Wildman–Crippen LogP) is 5.00. The molecule has 1 aliphatic rings. The Morgan fingerprint density at radius 1 is 1.13 bits per heavy atom. The maximum absolute atomic E-state index is 6.00. The highest BCUT2D eigenvalue weighted by Gasteiger charge is 2.20. The van der Waals surface area contributed by atoms with E-state index in [-0.39, 0.29) is 0 Å². The first kappa shape index (κ1) is 16.2. The third-order valence-corrected chi connectivity index (χ3v) is 4.49. The van der Waals surface area contributed by atoms with Crippen LogP contribution in [0.4, 0.5) is 0 Å². The molecule has 0 spiro atoms. The number of likely N-dealkylation sites (tertiary alicyclic amines) is 1. The van der Waals surface area contributed by atoms with Gasteiger partial charge in [-0.25, -0.2) is 0 Å². The van der Waals surface area contributed by atoms with Crippen molar-refractivity contribution >= 4 is 11.6 Å². The Kier molecular flexibility index (Phi) is 5.42. The maximum atomic E-state index is 6.00. The molecular weight excluding hydrogens is 310 g/mol. The molecule has 23 heavy (non-hydrogen) atoms. The van der Waals surface area contributed by atoms with E-state index in [1.807, 2.05) is 42.5 Å². The van der Waals surface area contributed by atoms with Crippen LogP contribution in [-0.2, 0) is 0 Å². The van der Waals surface area contributed by atoms with Gasteiger partial charge in [-0.15, -0.1) is 0 Å². The summed E-state index contributed by atoms with van der Waals surface area (Å²) in [6, 6.07) is 15.8. The monoisotopic (exact) mass is 331 g/mol. The van der Waals surface area contributed by atoms with Crippen LogP contribution in [-0.4, -0.2) is 31.1 Å². The predicted molar refractivity (Wildman–Crippen MR) is 93.7 cm³/mol. The number of hydrogen-bond donors (Lipinski definition) is 0. The minimum Gasteiger partial charge on any atom is -0.490 e. The Balaban J connectivity index is 1.61. The fraction of sp³-hybridized carbons (Fsp3) is 0.368. The molecule has 0 aromatic heterocycles. The number of benzene rings is 2. The summed E-state index contributed by atoms with van der Waals surface area (Å²) in [7, 11) is 2.19. The van der Waals surface area contributed by atoms with E-state index in [4.69, 9.17) is 21.1 Å². The van der Waals surface area contributed by atoms with Gasteiger partial charge in [-0.3, -0.25) is 0 Å². The average molecular weight is 332 g/mol. The number of rotatable bonds is 6. The van der Waals surface area contributed by atoms with Gasteiger partial charge in [0.2, 0.25) is 0 Å². The highest BCUT2D eigenvalue weighted by molar-refractivity contribution is 6.30. The van der Waals surface area contributed by atoms with E-state index in [1.165, 1.54) is 19.4 Å². The van der Waals surface area contributed by atoms with Crippen molar-refractivity contribution in [3.8, 4) is 17.2 Å². The minimum atomic E-state index is 0.635. The zero-order chi connectivity index (χ0) is 16.1. The summed E-state index contributed by atoms with van der Waals surface area (Å²) in [5, 5.41) is 0.658. The summed E-state index contributed by atoms with van der Waals surface area (Å²) in [5.41, 5.74) is 0. The van der Waals surface area contributed by atoms with Crippen molar-refractivity contribution < 1.29 is 9.47 Å². The first-order valence-corrected chi connectivity index (χ1v) is 8.45. The fourth-order valence-electron chi connectivity index (χ4n) is 2.96. The van der Waals surface area contributed by atoms with Crippen molar-refractivity contribution in [2.45, 2.75) is 25.3 Å². The Morgan fingerprint density at radius 3 is 2.70 bits per heavy atom. The lowest BCUT2D eigenvalue weighted by atomic mass is 10.1. The number of halogens is 1. The second kappa shape index (κ2) is 7.71. The Morgan fingerprint density at radius 2 is 1.96 bits per heavy atom. The van der Waals surface area contributed by atoms with Crippen LogP contribution < -0.4 is 9.47 Å². The largest absolute Gasteiger partial charge is 0.490 e. The highest BCUT2D eigenvalue weighted by Crippen LogP contribution is 2.32. The van der Waals surface area contributed by atoms with Gasteiger partial charge in [-0.05, 0) is 63.2 Å². The van der Waals surface area contributed by atoms with E-state index in [2.05, 4.69) is 11.9 Å². The molecular formula is C19H22ClNO2. The van der Waals surface area contributed by atoms with Crippen LogP contribution >= 0.6 is 11.6 Å². The molecule has 0 bridgehead atoms. The summed E-state index contributed by atoms with van der Waals surface area (Å²) in [6.07, 6.45) is 3.60. The van der Waals surface area contributed by atoms with Gasteiger partial charge in [-0.1, -0.05) is 29.8 Å². The van der Waals surface area contributed by atoms with Crippen molar-refractivity contribution in [1.29, 1.82) is 0 Å². The Hall–Kier alpha value is -1.71. The lowest BCUT2D eigenvalue weighted by Gasteiger charge is -2.19. The van der Waals surface area contributed by atoms with Gasteiger partial charge in [0, 0.05) is 11.1 Å². The number of para-hydroxylation sites is 2. The van der Waals surface area contributed by atoms with E-state index < -0.39 is 0 Å². The zero-order valence-corrected chi connectivity index (χ0v) is 14.1.